The van der Waals surface area contributed by atoms with Crippen molar-refractivity contribution in [2.45, 2.75) is 57.7 Å². The van der Waals surface area contributed by atoms with E-state index in [1.54, 1.807) is 0 Å². The van der Waals surface area contributed by atoms with E-state index in [0.717, 1.165) is 17.1 Å². The van der Waals surface area contributed by atoms with Crippen LogP contribution in [0.1, 0.15) is 44.6 Å². The maximum absolute atomic E-state index is 6.02. The molecule has 0 atom stereocenters. The van der Waals surface area contributed by atoms with Crippen molar-refractivity contribution in [2.75, 3.05) is 6.54 Å². The van der Waals surface area contributed by atoms with E-state index < -0.39 is 0 Å². The number of nitrogens with two attached hydrogens (primary N) is 1. The van der Waals surface area contributed by atoms with E-state index in [1.807, 2.05) is 0 Å². The number of nitrogens with zero attached hydrogens (tertiary/aromatic N) is 1. The smallest absolute Gasteiger partial charge is 0.0236 e. The first-order valence-corrected chi connectivity index (χ1v) is 8.22. The number of halogens is 1. The molecule has 1 aliphatic carbocycles. The van der Waals surface area contributed by atoms with Crippen molar-refractivity contribution in [1.29, 1.82) is 0 Å². The van der Waals surface area contributed by atoms with Crippen LogP contribution in [-0.2, 0) is 6.54 Å². The summed E-state index contributed by atoms with van der Waals surface area (Å²) in [7, 11) is 0. The van der Waals surface area contributed by atoms with Crippen molar-refractivity contribution in [2.24, 2.45) is 5.73 Å². The van der Waals surface area contributed by atoms with Crippen molar-refractivity contribution in [3.8, 4) is 0 Å². The first-order valence-electron chi connectivity index (χ1n) is 7.43. The number of rotatable bonds is 5. The average Bonchev–Trinajstić information content (AvgIpc) is 2.42. The summed E-state index contributed by atoms with van der Waals surface area (Å²) < 4.78 is 1.15. The monoisotopic (exact) mass is 324 g/mol. The summed E-state index contributed by atoms with van der Waals surface area (Å²) in [5.41, 5.74) is 7.43. The van der Waals surface area contributed by atoms with Crippen LogP contribution >= 0.6 is 15.9 Å². The van der Waals surface area contributed by atoms with Gasteiger partial charge in [0.25, 0.3) is 0 Å². The Morgan fingerprint density at radius 2 is 1.79 bits per heavy atom. The second-order valence-electron chi connectivity index (χ2n) is 5.67. The van der Waals surface area contributed by atoms with E-state index in [4.69, 9.17) is 5.73 Å². The first-order chi connectivity index (χ1) is 9.19. The van der Waals surface area contributed by atoms with Crippen LogP contribution < -0.4 is 5.73 Å². The quantitative estimate of drug-likeness (QED) is 0.889. The molecule has 2 nitrogen and oxygen atoms in total. The molecule has 0 bridgehead atoms. The Morgan fingerprint density at radius 3 is 2.37 bits per heavy atom. The molecule has 0 saturated heterocycles. The van der Waals surface area contributed by atoms with Crippen LogP contribution in [0.5, 0.6) is 0 Å². The minimum atomic E-state index is 0.437. The maximum Gasteiger partial charge on any atom is 0.0236 e. The van der Waals surface area contributed by atoms with Gasteiger partial charge in [-0.1, -0.05) is 35.0 Å². The van der Waals surface area contributed by atoms with Crippen LogP contribution in [0.3, 0.4) is 0 Å². The van der Waals surface area contributed by atoms with Gasteiger partial charge >= 0.3 is 0 Å². The Morgan fingerprint density at radius 1 is 1.16 bits per heavy atom. The Balaban J connectivity index is 1.97. The molecule has 2 N–H and O–H groups in total. The molecular weight excluding hydrogens is 300 g/mol. The molecule has 3 heteroatoms. The second kappa shape index (κ2) is 7.41. The summed E-state index contributed by atoms with van der Waals surface area (Å²) in [5.74, 6) is 0. The summed E-state index contributed by atoms with van der Waals surface area (Å²) in [6.07, 6.45) is 6.12. The lowest BCUT2D eigenvalue weighted by Gasteiger charge is -2.36. The SMILES string of the molecule is CCCN(Cc1ccc(Br)cc1)C1CCC(N)CC1. The number of benzene rings is 1. The summed E-state index contributed by atoms with van der Waals surface area (Å²) in [4.78, 5) is 2.65. The van der Waals surface area contributed by atoms with E-state index in [0.29, 0.717) is 6.04 Å². The highest BCUT2D eigenvalue weighted by Gasteiger charge is 2.23. The van der Waals surface area contributed by atoms with Crippen molar-refractivity contribution >= 4 is 15.9 Å². The number of hydrogen-bond acceptors (Lipinski definition) is 2. The fourth-order valence-electron chi connectivity index (χ4n) is 2.97. The minimum Gasteiger partial charge on any atom is -0.328 e. The zero-order valence-electron chi connectivity index (χ0n) is 11.8. The van der Waals surface area contributed by atoms with Crippen LogP contribution in [-0.4, -0.2) is 23.5 Å². The Bertz CT molecular complexity index is 369. The molecule has 1 aromatic rings. The van der Waals surface area contributed by atoms with Gasteiger partial charge in [-0.2, -0.15) is 0 Å². The summed E-state index contributed by atoms with van der Waals surface area (Å²) in [6, 6.07) is 9.88. The van der Waals surface area contributed by atoms with E-state index in [9.17, 15) is 0 Å². The Hall–Kier alpha value is -0.380. The molecule has 0 spiro atoms. The Labute approximate surface area is 125 Å². The maximum atomic E-state index is 6.02. The molecule has 1 saturated carbocycles. The van der Waals surface area contributed by atoms with Crippen molar-refractivity contribution < 1.29 is 0 Å². The molecule has 1 aromatic carbocycles. The summed E-state index contributed by atoms with van der Waals surface area (Å²) >= 11 is 3.50. The van der Waals surface area contributed by atoms with Crippen LogP contribution in [0.4, 0.5) is 0 Å². The molecule has 0 radical (unpaired) electrons. The van der Waals surface area contributed by atoms with E-state index in [1.165, 1.54) is 44.2 Å². The first kappa shape index (κ1) is 15.0. The largest absolute Gasteiger partial charge is 0.328 e. The fourth-order valence-corrected chi connectivity index (χ4v) is 3.23. The van der Waals surface area contributed by atoms with Crippen LogP contribution in [0.25, 0.3) is 0 Å². The fraction of sp³-hybridized carbons (Fsp3) is 0.625. The van der Waals surface area contributed by atoms with E-state index in [-0.39, 0.29) is 0 Å². The molecule has 0 amide bonds. The molecule has 0 aromatic heterocycles. The molecule has 0 heterocycles. The van der Waals surface area contributed by atoms with E-state index >= 15 is 0 Å². The van der Waals surface area contributed by atoms with Gasteiger partial charge in [-0.3, -0.25) is 4.90 Å². The standard InChI is InChI=1S/C16H25BrN2/c1-2-11-19(16-9-7-15(18)8-10-16)12-13-3-5-14(17)6-4-13/h3-6,15-16H,2,7-12,18H2,1H3. The second-order valence-corrected chi connectivity index (χ2v) is 6.58. The highest BCUT2D eigenvalue weighted by atomic mass is 79.9. The average molecular weight is 325 g/mol. The highest BCUT2D eigenvalue weighted by molar-refractivity contribution is 9.10. The van der Waals surface area contributed by atoms with Crippen molar-refractivity contribution in [3.63, 3.8) is 0 Å². The predicted octanol–water partition coefficient (Wildman–Crippen LogP) is 3.93. The lowest BCUT2D eigenvalue weighted by atomic mass is 9.90. The molecule has 1 aliphatic rings. The van der Waals surface area contributed by atoms with Crippen LogP contribution in [0.2, 0.25) is 0 Å². The zero-order chi connectivity index (χ0) is 13.7. The van der Waals surface area contributed by atoms with Crippen molar-refractivity contribution in [3.05, 3.63) is 34.3 Å². The van der Waals surface area contributed by atoms with Gasteiger partial charge in [0.05, 0.1) is 0 Å². The third kappa shape index (κ3) is 4.59. The number of hydrogen-bond donors (Lipinski definition) is 1. The molecule has 106 valence electrons. The third-order valence-electron chi connectivity index (χ3n) is 4.07. The molecule has 1 fully saturated rings. The van der Waals surface area contributed by atoms with Crippen LogP contribution in [0.15, 0.2) is 28.7 Å². The minimum absolute atomic E-state index is 0.437. The van der Waals surface area contributed by atoms with Gasteiger partial charge in [0.1, 0.15) is 0 Å². The molecule has 0 unspecified atom stereocenters. The van der Waals surface area contributed by atoms with Gasteiger partial charge in [0, 0.05) is 23.1 Å². The normalized spacial score (nSPS) is 23.8. The van der Waals surface area contributed by atoms with Gasteiger partial charge in [-0.15, -0.1) is 0 Å². The van der Waals surface area contributed by atoms with Gasteiger partial charge in [0.2, 0.25) is 0 Å². The van der Waals surface area contributed by atoms with Gasteiger partial charge in [-0.05, 0) is 56.3 Å². The van der Waals surface area contributed by atoms with Crippen LogP contribution in [0, 0.1) is 0 Å². The van der Waals surface area contributed by atoms with Crippen molar-refractivity contribution in [1.82, 2.24) is 4.90 Å². The topological polar surface area (TPSA) is 29.3 Å². The van der Waals surface area contributed by atoms with Gasteiger partial charge in [-0.25, -0.2) is 0 Å². The molecule has 19 heavy (non-hydrogen) atoms. The third-order valence-corrected chi connectivity index (χ3v) is 4.60. The van der Waals surface area contributed by atoms with Gasteiger partial charge in [0.15, 0.2) is 0 Å². The lowest BCUT2D eigenvalue weighted by molar-refractivity contribution is 0.142. The van der Waals surface area contributed by atoms with Gasteiger partial charge < -0.3 is 5.73 Å². The summed E-state index contributed by atoms with van der Waals surface area (Å²) in [5, 5.41) is 0. The lowest BCUT2D eigenvalue weighted by Crippen LogP contribution is -2.40. The Kier molecular flexibility index (Phi) is 5.86. The predicted molar refractivity (Wildman–Crippen MR) is 85.1 cm³/mol. The zero-order valence-corrected chi connectivity index (χ0v) is 13.4. The molecule has 0 aliphatic heterocycles. The highest BCUT2D eigenvalue weighted by Crippen LogP contribution is 2.24. The molecule has 2 rings (SSSR count). The summed E-state index contributed by atoms with van der Waals surface area (Å²) in [6.45, 7) is 4.53. The van der Waals surface area contributed by atoms with E-state index in [2.05, 4.69) is 52.0 Å². The molecular formula is C16H25BrN2.